The highest BCUT2D eigenvalue weighted by atomic mass is 32.2. The second-order valence-electron chi connectivity index (χ2n) is 8.73. The molecular formula is C27H29N3O4S. The number of hydrogen-bond donors (Lipinski definition) is 2. The number of piperidine rings is 1. The number of nitrogens with one attached hydrogen (secondary N) is 2. The summed E-state index contributed by atoms with van der Waals surface area (Å²) in [5.41, 5.74) is 3.12. The molecule has 0 aliphatic carbocycles. The van der Waals surface area contributed by atoms with Crippen LogP contribution < -0.4 is 10.0 Å². The lowest BCUT2D eigenvalue weighted by Crippen LogP contribution is -2.35. The van der Waals surface area contributed by atoms with Gasteiger partial charge in [0.05, 0.1) is 4.90 Å². The first kappa shape index (κ1) is 24.5. The van der Waals surface area contributed by atoms with Crippen molar-refractivity contribution in [1.82, 2.24) is 10.2 Å². The SMILES string of the molecule is Cc1ccc(S(=O)(=O)Nc2cccc(C(=O)NCc3ccc(C(=O)N4CCCCC4)cc3)c2)cc1. The van der Waals surface area contributed by atoms with Crippen molar-refractivity contribution in [3.8, 4) is 0 Å². The highest BCUT2D eigenvalue weighted by molar-refractivity contribution is 7.92. The fraction of sp³-hybridized carbons (Fsp3) is 0.259. The van der Waals surface area contributed by atoms with E-state index in [2.05, 4.69) is 10.0 Å². The molecule has 0 bridgehead atoms. The largest absolute Gasteiger partial charge is 0.348 e. The molecule has 3 aromatic rings. The Hall–Kier alpha value is -3.65. The Balaban J connectivity index is 1.36. The van der Waals surface area contributed by atoms with E-state index in [-0.39, 0.29) is 23.3 Å². The third kappa shape index (κ3) is 6.27. The van der Waals surface area contributed by atoms with Crippen LogP contribution in [-0.2, 0) is 16.6 Å². The van der Waals surface area contributed by atoms with Gasteiger partial charge in [-0.2, -0.15) is 0 Å². The van der Waals surface area contributed by atoms with Crippen molar-refractivity contribution >= 4 is 27.5 Å². The van der Waals surface area contributed by atoms with E-state index in [0.717, 1.165) is 37.1 Å². The standard InChI is InChI=1S/C27H29N3O4S/c1-20-8-14-25(15-9-20)35(33,34)29-24-7-5-6-23(18-24)26(31)28-19-21-10-12-22(13-11-21)27(32)30-16-3-2-4-17-30/h5-15,18,29H,2-4,16-17,19H2,1H3,(H,28,31). The molecule has 35 heavy (non-hydrogen) atoms. The molecule has 1 fully saturated rings. The Kier molecular flexibility index (Phi) is 7.51. The van der Waals surface area contributed by atoms with Crippen molar-refractivity contribution in [2.45, 2.75) is 37.6 Å². The van der Waals surface area contributed by atoms with Gasteiger partial charge in [-0.15, -0.1) is 0 Å². The van der Waals surface area contributed by atoms with Gasteiger partial charge in [-0.3, -0.25) is 14.3 Å². The van der Waals surface area contributed by atoms with Crippen LogP contribution in [0.25, 0.3) is 0 Å². The maximum Gasteiger partial charge on any atom is 0.261 e. The van der Waals surface area contributed by atoms with Crippen LogP contribution in [-0.4, -0.2) is 38.2 Å². The average molecular weight is 492 g/mol. The van der Waals surface area contributed by atoms with Crippen molar-refractivity contribution in [2.24, 2.45) is 0 Å². The summed E-state index contributed by atoms with van der Waals surface area (Å²) >= 11 is 0. The molecule has 0 atom stereocenters. The number of aryl methyl sites for hydroxylation is 1. The molecule has 4 rings (SSSR count). The van der Waals surface area contributed by atoms with E-state index in [4.69, 9.17) is 0 Å². The fourth-order valence-electron chi connectivity index (χ4n) is 3.98. The first-order valence-electron chi connectivity index (χ1n) is 11.7. The van der Waals surface area contributed by atoms with Crippen molar-refractivity contribution in [3.05, 3.63) is 95.1 Å². The number of likely N-dealkylation sites (tertiary alicyclic amines) is 1. The summed E-state index contributed by atoms with van der Waals surface area (Å²) in [6.07, 6.45) is 3.26. The number of rotatable bonds is 7. The van der Waals surface area contributed by atoms with Crippen LogP contribution in [0.15, 0.2) is 77.7 Å². The number of carbonyl (C=O) groups excluding carboxylic acids is 2. The highest BCUT2D eigenvalue weighted by Gasteiger charge is 2.18. The molecule has 1 heterocycles. The Morgan fingerprint density at radius 2 is 1.54 bits per heavy atom. The lowest BCUT2D eigenvalue weighted by atomic mass is 10.1. The Bertz CT molecular complexity index is 1300. The lowest BCUT2D eigenvalue weighted by molar-refractivity contribution is 0.0724. The van der Waals surface area contributed by atoms with E-state index in [1.165, 1.54) is 12.5 Å². The Morgan fingerprint density at radius 1 is 0.857 bits per heavy atom. The van der Waals surface area contributed by atoms with Crippen LogP contribution in [0.4, 0.5) is 5.69 Å². The summed E-state index contributed by atoms with van der Waals surface area (Å²) in [5, 5.41) is 2.84. The van der Waals surface area contributed by atoms with E-state index in [1.807, 2.05) is 24.0 Å². The monoisotopic (exact) mass is 491 g/mol. The molecule has 1 saturated heterocycles. The minimum absolute atomic E-state index is 0.0465. The zero-order valence-electron chi connectivity index (χ0n) is 19.7. The summed E-state index contributed by atoms with van der Waals surface area (Å²) in [6, 6.07) is 20.2. The van der Waals surface area contributed by atoms with Crippen LogP contribution in [0, 0.1) is 6.92 Å². The third-order valence-electron chi connectivity index (χ3n) is 6.01. The molecule has 2 N–H and O–H groups in total. The van der Waals surface area contributed by atoms with E-state index in [9.17, 15) is 18.0 Å². The molecule has 0 radical (unpaired) electrons. The van der Waals surface area contributed by atoms with E-state index < -0.39 is 10.0 Å². The van der Waals surface area contributed by atoms with Crippen molar-refractivity contribution in [2.75, 3.05) is 17.8 Å². The minimum atomic E-state index is -3.76. The number of nitrogens with zero attached hydrogens (tertiary/aromatic N) is 1. The van der Waals surface area contributed by atoms with Crippen LogP contribution >= 0.6 is 0 Å². The van der Waals surface area contributed by atoms with Gasteiger partial charge in [-0.25, -0.2) is 8.42 Å². The van der Waals surface area contributed by atoms with Gasteiger partial charge in [0.2, 0.25) is 0 Å². The van der Waals surface area contributed by atoms with Crippen LogP contribution in [0.2, 0.25) is 0 Å². The number of benzene rings is 3. The zero-order valence-corrected chi connectivity index (χ0v) is 20.5. The third-order valence-corrected chi connectivity index (χ3v) is 7.40. The number of sulfonamides is 1. The van der Waals surface area contributed by atoms with E-state index in [1.54, 1.807) is 54.6 Å². The second kappa shape index (κ2) is 10.7. The molecule has 182 valence electrons. The lowest BCUT2D eigenvalue weighted by Gasteiger charge is -2.26. The van der Waals surface area contributed by atoms with Crippen LogP contribution in [0.5, 0.6) is 0 Å². The predicted molar refractivity (Wildman–Crippen MR) is 136 cm³/mol. The number of amides is 2. The van der Waals surface area contributed by atoms with Gasteiger partial charge in [-0.05, 0) is 74.2 Å². The molecule has 3 aromatic carbocycles. The molecular weight excluding hydrogens is 462 g/mol. The topological polar surface area (TPSA) is 95.6 Å². The molecule has 7 nitrogen and oxygen atoms in total. The summed E-state index contributed by atoms with van der Waals surface area (Å²) in [6.45, 7) is 3.78. The zero-order chi connectivity index (χ0) is 24.8. The second-order valence-corrected chi connectivity index (χ2v) is 10.4. The highest BCUT2D eigenvalue weighted by Crippen LogP contribution is 2.18. The molecule has 1 aliphatic rings. The summed E-state index contributed by atoms with van der Waals surface area (Å²) in [4.78, 5) is 27.3. The number of hydrogen-bond acceptors (Lipinski definition) is 4. The first-order valence-corrected chi connectivity index (χ1v) is 13.2. The van der Waals surface area contributed by atoms with Crippen molar-refractivity contribution in [3.63, 3.8) is 0 Å². The normalized spacial score (nSPS) is 13.8. The fourth-order valence-corrected chi connectivity index (χ4v) is 5.03. The molecule has 2 amide bonds. The van der Waals surface area contributed by atoms with Crippen LogP contribution in [0.1, 0.15) is 51.1 Å². The van der Waals surface area contributed by atoms with Gasteiger partial charge in [0.1, 0.15) is 0 Å². The van der Waals surface area contributed by atoms with Crippen molar-refractivity contribution < 1.29 is 18.0 Å². The quantitative estimate of drug-likeness (QED) is 0.514. The maximum absolute atomic E-state index is 12.7. The number of carbonyl (C=O) groups is 2. The van der Waals surface area contributed by atoms with E-state index >= 15 is 0 Å². The minimum Gasteiger partial charge on any atom is -0.348 e. The predicted octanol–water partition coefficient (Wildman–Crippen LogP) is 4.35. The van der Waals surface area contributed by atoms with Gasteiger partial charge in [0, 0.05) is 36.4 Å². The van der Waals surface area contributed by atoms with E-state index in [0.29, 0.717) is 16.8 Å². The smallest absolute Gasteiger partial charge is 0.261 e. The molecule has 0 unspecified atom stereocenters. The summed E-state index contributed by atoms with van der Waals surface area (Å²) < 4.78 is 27.8. The van der Waals surface area contributed by atoms with Gasteiger partial charge >= 0.3 is 0 Å². The van der Waals surface area contributed by atoms with Crippen LogP contribution in [0.3, 0.4) is 0 Å². The van der Waals surface area contributed by atoms with Gasteiger partial charge in [-0.1, -0.05) is 35.9 Å². The Labute approximate surface area is 206 Å². The van der Waals surface area contributed by atoms with Crippen molar-refractivity contribution in [1.29, 1.82) is 0 Å². The number of anilines is 1. The van der Waals surface area contributed by atoms with Gasteiger partial charge in [0.15, 0.2) is 0 Å². The summed E-state index contributed by atoms with van der Waals surface area (Å²) in [7, 11) is -3.76. The van der Waals surface area contributed by atoms with Gasteiger partial charge < -0.3 is 10.2 Å². The molecule has 0 saturated carbocycles. The Morgan fingerprint density at radius 3 is 2.23 bits per heavy atom. The van der Waals surface area contributed by atoms with Gasteiger partial charge in [0.25, 0.3) is 21.8 Å². The molecule has 0 spiro atoms. The average Bonchev–Trinajstić information content (AvgIpc) is 2.88. The molecule has 1 aliphatic heterocycles. The molecule has 0 aromatic heterocycles. The maximum atomic E-state index is 12.7. The first-order chi connectivity index (χ1) is 16.8. The molecule has 8 heteroatoms. The summed E-state index contributed by atoms with van der Waals surface area (Å²) in [5.74, 6) is -0.278.